The lowest BCUT2D eigenvalue weighted by molar-refractivity contribution is -0.154. The van der Waals surface area contributed by atoms with Crippen LogP contribution in [0.25, 0.3) is 0 Å². The van der Waals surface area contributed by atoms with Crippen LogP contribution in [0, 0.1) is 5.92 Å². The summed E-state index contributed by atoms with van der Waals surface area (Å²) in [6.07, 6.45) is 6.06. The molecule has 7 heteroatoms. The van der Waals surface area contributed by atoms with Gasteiger partial charge in [0.1, 0.15) is 0 Å². The van der Waals surface area contributed by atoms with Crippen LogP contribution < -0.4 is 5.32 Å². The molecule has 3 atom stereocenters. The Balaban J connectivity index is 1.92. The molecule has 1 saturated carbocycles. The molecule has 0 aliphatic heterocycles. The van der Waals surface area contributed by atoms with Gasteiger partial charge in [0.05, 0.1) is 13.2 Å². The number of alkyl carbamates (subject to hydrolysis) is 1. The second kappa shape index (κ2) is 8.55. The van der Waals surface area contributed by atoms with Crippen molar-refractivity contribution in [2.45, 2.75) is 58.2 Å². The Hall–Kier alpha value is -2.05. The van der Waals surface area contributed by atoms with Gasteiger partial charge in [0.15, 0.2) is 0 Å². The third-order valence-electron chi connectivity index (χ3n) is 4.13. The first-order valence-corrected chi connectivity index (χ1v) is 8.21. The van der Waals surface area contributed by atoms with Gasteiger partial charge in [0, 0.05) is 18.4 Å². The lowest BCUT2D eigenvalue weighted by Crippen LogP contribution is -2.44. The molecule has 1 aliphatic rings. The van der Waals surface area contributed by atoms with Crippen LogP contribution in [-0.2, 0) is 20.8 Å². The quantitative estimate of drug-likeness (QED) is 0.811. The summed E-state index contributed by atoms with van der Waals surface area (Å²) in [7, 11) is 0. The Morgan fingerprint density at radius 1 is 1.39 bits per heavy atom. The summed E-state index contributed by atoms with van der Waals surface area (Å²) in [6.45, 7) is 4.21. The summed E-state index contributed by atoms with van der Waals surface area (Å²) in [5, 5.41) is 6.91. The van der Waals surface area contributed by atoms with Crippen molar-refractivity contribution in [3.8, 4) is 0 Å². The van der Waals surface area contributed by atoms with Gasteiger partial charge in [0.25, 0.3) is 0 Å². The van der Waals surface area contributed by atoms with Crippen molar-refractivity contribution >= 4 is 12.1 Å². The SMILES string of the molecule is CCOC(=O)C(Cn1cccn1)OC(=O)NC1CCCCC1C. The minimum Gasteiger partial charge on any atom is -0.463 e. The molecule has 23 heavy (non-hydrogen) atoms. The maximum absolute atomic E-state index is 12.1. The maximum Gasteiger partial charge on any atom is 0.408 e. The third kappa shape index (κ3) is 5.26. The molecule has 0 spiro atoms. The Labute approximate surface area is 136 Å². The van der Waals surface area contributed by atoms with Gasteiger partial charge in [-0.05, 0) is 31.7 Å². The summed E-state index contributed by atoms with van der Waals surface area (Å²) in [5.74, 6) is -0.140. The van der Waals surface area contributed by atoms with E-state index in [2.05, 4.69) is 17.3 Å². The lowest BCUT2D eigenvalue weighted by Gasteiger charge is -2.29. The van der Waals surface area contributed by atoms with Gasteiger partial charge >= 0.3 is 12.1 Å². The number of esters is 1. The van der Waals surface area contributed by atoms with E-state index in [1.165, 1.54) is 11.1 Å². The van der Waals surface area contributed by atoms with E-state index in [1.807, 2.05) is 0 Å². The number of rotatable bonds is 6. The Bertz CT molecular complexity index is 503. The van der Waals surface area contributed by atoms with Crippen molar-refractivity contribution in [1.82, 2.24) is 15.1 Å². The first kappa shape index (κ1) is 17.3. The van der Waals surface area contributed by atoms with E-state index < -0.39 is 18.2 Å². The maximum atomic E-state index is 12.1. The predicted molar refractivity (Wildman–Crippen MR) is 83.7 cm³/mol. The lowest BCUT2D eigenvalue weighted by atomic mass is 9.86. The number of hydrogen-bond donors (Lipinski definition) is 1. The van der Waals surface area contributed by atoms with Gasteiger partial charge in [-0.1, -0.05) is 19.8 Å². The number of ether oxygens (including phenoxy) is 2. The third-order valence-corrected chi connectivity index (χ3v) is 4.13. The standard InChI is InChI=1S/C16H25N3O4/c1-3-22-15(20)14(11-19-10-6-9-17-19)23-16(21)18-13-8-5-4-7-12(13)2/h6,9-10,12-14H,3-5,7-8,11H2,1-2H3,(H,18,21). The van der Waals surface area contributed by atoms with Crippen LogP contribution in [0.3, 0.4) is 0 Å². The molecule has 1 amide bonds. The monoisotopic (exact) mass is 323 g/mol. The molecule has 2 rings (SSSR count). The summed E-state index contributed by atoms with van der Waals surface area (Å²) in [6, 6.07) is 1.84. The second-order valence-corrected chi connectivity index (χ2v) is 5.89. The Kier molecular flexibility index (Phi) is 6.43. The largest absolute Gasteiger partial charge is 0.463 e. The zero-order valence-corrected chi connectivity index (χ0v) is 13.7. The molecule has 0 radical (unpaired) electrons. The van der Waals surface area contributed by atoms with Crippen molar-refractivity contribution in [1.29, 1.82) is 0 Å². The Morgan fingerprint density at radius 2 is 2.17 bits per heavy atom. The van der Waals surface area contributed by atoms with Crippen molar-refractivity contribution in [2.75, 3.05) is 6.61 Å². The highest BCUT2D eigenvalue weighted by atomic mass is 16.6. The van der Waals surface area contributed by atoms with E-state index in [4.69, 9.17) is 9.47 Å². The second-order valence-electron chi connectivity index (χ2n) is 5.89. The zero-order valence-electron chi connectivity index (χ0n) is 13.7. The summed E-state index contributed by atoms with van der Waals surface area (Å²) >= 11 is 0. The van der Waals surface area contributed by atoms with Gasteiger partial charge in [-0.3, -0.25) is 4.68 Å². The van der Waals surface area contributed by atoms with Crippen LogP contribution >= 0.6 is 0 Å². The number of carbonyl (C=O) groups excluding carboxylic acids is 2. The van der Waals surface area contributed by atoms with Crippen molar-refractivity contribution in [2.24, 2.45) is 5.92 Å². The molecule has 0 aromatic carbocycles. The molecule has 1 fully saturated rings. The molecule has 1 N–H and O–H groups in total. The van der Waals surface area contributed by atoms with E-state index in [-0.39, 0.29) is 19.2 Å². The highest BCUT2D eigenvalue weighted by Gasteiger charge is 2.28. The van der Waals surface area contributed by atoms with Crippen LogP contribution in [0.4, 0.5) is 4.79 Å². The average molecular weight is 323 g/mol. The summed E-state index contributed by atoms with van der Waals surface area (Å²) < 4.78 is 11.8. The molecule has 0 bridgehead atoms. The number of amides is 1. The predicted octanol–water partition coefficient (Wildman–Crippen LogP) is 2.12. The normalized spacial score (nSPS) is 22.2. The zero-order chi connectivity index (χ0) is 16.7. The number of hydrogen-bond acceptors (Lipinski definition) is 5. The van der Waals surface area contributed by atoms with Crippen molar-refractivity contribution in [3.63, 3.8) is 0 Å². The first-order valence-electron chi connectivity index (χ1n) is 8.21. The van der Waals surface area contributed by atoms with Crippen LogP contribution in [0.1, 0.15) is 39.5 Å². The molecule has 0 saturated heterocycles. The van der Waals surface area contributed by atoms with Crippen LogP contribution in [0.2, 0.25) is 0 Å². The smallest absolute Gasteiger partial charge is 0.408 e. The molecule has 1 aromatic rings. The van der Waals surface area contributed by atoms with Crippen LogP contribution in [0.15, 0.2) is 18.5 Å². The molecule has 7 nitrogen and oxygen atoms in total. The number of nitrogens with zero attached hydrogens (tertiary/aromatic N) is 2. The van der Waals surface area contributed by atoms with Crippen molar-refractivity contribution in [3.05, 3.63) is 18.5 Å². The fourth-order valence-corrected chi connectivity index (χ4v) is 2.82. The van der Waals surface area contributed by atoms with Crippen LogP contribution in [0.5, 0.6) is 0 Å². The molecule has 1 heterocycles. The van der Waals surface area contributed by atoms with Crippen LogP contribution in [-0.4, -0.2) is 40.6 Å². The molecule has 128 valence electrons. The van der Waals surface area contributed by atoms with Gasteiger partial charge < -0.3 is 14.8 Å². The molecule has 1 aromatic heterocycles. The van der Waals surface area contributed by atoms with Crippen molar-refractivity contribution < 1.29 is 19.1 Å². The fourth-order valence-electron chi connectivity index (χ4n) is 2.82. The minimum atomic E-state index is -1.01. The molecular formula is C16H25N3O4. The number of nitrogens with one attached hydrogen (secondary N) is 1. The summed E-state index contributed by atoms with van der Waals surface area (Å²) in [5.41, 5.74) is 0. The Morgan fingerprint density at radius 3 is 2.83 bits per heavy atom. The van der Waals surface area contributed by atoms with Gasteiger partial charge in [-0.25, -0.2) is 9.59 Å². The van der Waals surface area contributed by atoms with E-state index in [9.17, 15) is 9.59 Å². The number of aromatic nitrogens is 2. The highest BCUT2D eigenvalue weighted by molar-refractivity contribution is 5.78. The number of carbonyl (C=O) groups is 2. The molecule has 1 aliphatic carbocycles. The van der Waals surface area contributed by atoms with Gasteiger partial charge in [-0.15, -0.1) is 0 Å². The van der Waals surface area contributed by atoms with E-state index in [0.29, 0.717) is 5.92 Å². The highest BCUT2D eigenvalue weighted by Crippen LogP contribution is 2.23. The molecular weight excluding hydrogens is 298 g/mol. The molecule has 3 unspecified atom stereocenters. The fraction of sp³-hybridized carbons (Fsp3) is 0.688. The topological polar surface area (TPSA) is 82.5 Å². The van der Waals surface area contributed by atoms with E-state index in [0.717, 1.165) is 19.3 Å². The van der Waals surface area contributed by atoms with Gasteiger partial charge in [-0.2, -0.15) is 5.10 Å². The van der Waals surface area contributed by atoms with E-state index >= 15 is 0 Å². The summed E-state index contributed by atoms with van der Waals surface area (Å²) in [4.78, 5) is 24.1. The first-order chi connectivity index (χ1) is 11.1. The minimum absolute atomic E-state index is 0.101. The average Bonchev–Trinajstić information content (AvgIpc) is 3.02. The van der Waals surface area contributed by atoms with Gasteiger partial charge in [0.2, 0.25) is 6.10 Å². The van der Waals surface area contributed by atoms with E-state index in [1.54, 1.807) is 25.4 Å².